The molecule has 0 aliphatic rings. The molecule has 0 aliphatic heterocycles. The summed E-state index contributed by atoms with van der Waals surface area (Å²) in [5.74, 6) is -0.748. The highest BCUT2D eigenvalue weighted by molar-refractivity contribution is 7.98. The summed E-state index contributed by atoms with van der Waals surface area (Å²) >= 11 is 13.5. The standard InChI is InChI=1S/C15H19Cl2N3O4S/c1-8(13(21)20-12-9(16)4-3-5-10(12)17)24-14(22)11(6-7-25-2)19-15(18)23/h3-5,8,11H,6-7H2,1-2H3,(H,20,21)(H3,18,19,23)/t8-,11-/m1/s1. The molecule has 2 atom stereocenters. The largest absolute Gasteiger partial charge is 0.451 e. The lowest BCUT2D eigenvalue weighted by atomic mass is 10.2. The Morgan fingerprint density at radius 2 is 1.88 bits per heavy atom. The fourth-order valence-corrected chi connectivity index (χ4v) is 2.77. The molecular weight excluding hydrogens is 389 g/mol. The number of esters is 1. The van der Waals surface area contributed by atoms with Gasteiger partial charge in [-0.15, -0.1) is 0 Å². The number of carbonyl (C=O) groups excluding carboxylic acids is 3. The summed E-state index contributed by atoms with van der Waals surface area (Å²) in [4.78, 5) is 35.3. The molecular formula is C15H19Cl2N3O4S. The van der Waals surface area contributed by atoms with Crippen molar-refractivity contribution in [3.63, 3.8) is 0 Å². The minimum Gasteiger partial charge on any atom is -0.451 e. The number of halogens is 2. The van der Waals surface area contributed by atoms with E-state index < -0.39 is 30.1 Å². The number of benzene rings is 1. The second-order valence-electron chi connectivity index (χ2n) is 5.01. The van der Waals surface area contributed by atoms with Gasteiger partial charge >= 0.3 is 12.0 Å². The normalized spacial score (nSPS) is 12.8. The van der Waals surface area contributed by atoms with E-state index >= 15 is 0 Å². The lowest BCUT2D eigenvalue weighted by Gasteiger charge is -2.19. The van der Waals surface area contributed by atoms with Gasteiger partial charge in [0.05, 0.1) is 15.7 Å². The minimum atomic E-state index is -1.12. The first kappa shape index (κ1) is 21.4. The third-order valence-corrected chi connectivity index (χ3v) is 4.36. The van der Waals surface area contributed by atoms with E-state index in [-0.39, 0.29) is 15.7 Å². The fourth-order valence-electron chi connectivity index (χ4n) is 1.81. The van der Waals surface area contributed by atoms with E-state index in [0.717, 1.165) is 0 Å². The van der Waals surface area contributed by atoms with E-state index in [0.29, 0.717) is 12.2 Å². The highest BCUT2D eigenvalue weighted by Crippen LogP contribution is 2.29. The molecule has 0 aliphatic carbocycles. The number of nitrogens with two attached hydrogens (primary N) is 1. The molecule has 1 rings (SSSR count). The second-order valence-corrected chi connectivity index (χ2v) is 6.81. The van der Waals surface area contributed by atoms with Gasteiger partial charge in [-0.2, -0.15) is 11.8 Å². The van der Waals surface area contributed by atoms with Crippen molar-refractivity contribution in [1.82, 2.24) is 5.32 Å². The van der Waals surface area contributed by atoms with Gasteiger partial charge in [-0.1, -0.05) is 29.3 Å². The summed E-state index contributed by atoms with van der Waals surface area (Å²) in [5, 5.41) is 5.33. The second kappa shape index (κ2) is 10.4. The number of hydrogen-bond acceptors (Lipinski definition) is 5. The first-order valence-corrected chi connectivity index (χ1v) is 9.41. The van der Waals surface area contributed by atoms with E-state index in [2.05, 4.69) is 10.6 Å². The van der Waals surface area contributed by atoms with E-state index in [1.807, 2.05) is 6.26 Å². The number of urea groups is 1. The number of amides is 3. The molecule has 0 saturated heterocycles. The van der Waals surface area contributed by atoms with Crippen LogP contribution in [0.3, 0.4) is 0 Å². The number of thioether (sulfide) groups is 1. The molecule has 3 amide bonds. The van der Waals surface area contributed by atoms with Crippen molar-refractivity contribution >= 4 is 58.6 Å². The average Bonchev–Trinajstić information content (AvgIpc) is 2.54. The van der Waals surface area contributed by atoms with Crippen LogP contribution in [0, 0.1) is 0 Å². The lowest BCUT2D eigenvalue weighted by molar-refractivity contribution is -0.155. The molecule has 25 heavy (non-hydrogen) atoms. The van der Waals surface area contributed by atoms with E-state index in [1.165, 1.54) is 18.7 Å². The van der Waals surface area contributed by atoms with Crippen LogP contribution in [0.4, 0.5) is 10.5 Å². The maximum Gasteiger partial charge on any atom is 0.329 e. The summed E-state index contributed by atoms with van der Waals surface area (Å²) in [6, 6.07) is 2.99. The van der Waals surface area contributed by atoms with Gasteiger partial charge in [-0.05, 0) is 37.5 Å². The van der Waals surface area contributed by atoms with Crippen molar-refractivity contribution in [2.75, 3.05) is 17.3 Å². The van der Waals surface area contributed by atoms with Gasteiger partial charge in [-0.3, -0.25) is 4.79 Å². The quantitative estimate of drug-likeness (QED) is 0.573. The third-order valence-electron chi connectivity index (χ3n) is 3.08. The van der Waals surface area contributed by atoms with Crippen LogP contribution in [-0.2, 0) is 14.3 Å². The highest BCUT2D eigenvalue weighted by Gasteiger charge is 2.26. The number of nitrogens with one attached hydrogen (secondary N) is 2. The number of carbonyl (C=O) groups is 3. The van der Waals surface area contributed by atoms with Gasteiger partial charge in [0.2, 0.25) is 0 Å². The number of ether oxygens (including phenoxy) is 1. The molecule has 0 fully saturated rings. The predicted molar refractivity (Wildman–Crippen MR) is 100 cm³/mol. The average molecular weight is 408 g/mol. The van der Waals surface area contributed by atoms with Crippen LogP contribution in [0.5, 0.6) is 0 Å². The van der Waals surface area contributed by atoms with Crippen LogP contribution in [0.2, 0.25) is 10.0 Å². The zero-order valence-electron chi connectivity index (χ0n) is 13.7. The molecule has 0 unspecified atom stereocenters. The number of anilines is 1. The first-order chi connectivity index (χ1) is 11.8. The first-order valence-electron chi connectivity index (χ1n) is 7.26. The van der Waals surface area contributed by atoms with Gasteiger partial charge in [0.15, 0.2) is 6.10 Å². The van der Waals surface area contributed by atoms with Crippen LogP contribution in [0.15, 0.2) is 18.2 Å². The zero-order valence-corrected chi connectivity index (χ0v) is 16.0. The van der Waals surface area contributed by atoms with Gasteiger partial charge in [0.1, 0.15) is 6.04 Å². The van der Waals surface area contributed by atoms with Crippen molar-refractivity contribution < 1.29 is 19.1 Å². The number of para-hydroxylation sites is 1. The van der Waals surface area contributed by atoms with E-state index in [9.17, 15) is 14.4 Å². The molecule has 0 aromatic heterocycles. The number of hydrogen-bond donors (Lipinski definition) is 3. The molecule has 0 saturated carbocycles. The Kier molecular flexibility index (Phi) is 8.88. The minimum absolute atomic E-state index is 0.230. The Morgan fingerprint density at radius 3 is 2.40 bits per heavy atom. The monoisotopic (exact) mass is 407 g/mol. The molecule has 0 spiro atoms. The van der Waals surface area contributed by atoms with Crippen molar-refractivity contribution in [2.45, 2.75) is 25.5 Å². The summed E-state index contributed by atoms with van der Waals surface area (Å²) in [6.07, 6.45) is 1.07. The van der Waals surface area contributed by atoms with Crippen LogP contribution in [0.25, 0.3) is 0 Å². The summed E-state index contributed by atoms with van der Waals surface area (Å²) in [6.45, 7) is 1.40. The van der Waals surface area contributed by atoms with Crippen LogP contribution in [-0.4, -0.2) is 42.1 Å². The van der Waals surface area contributed by atoms with Gasteiger partial charge in [0, 0.05) is 0 Å². The molecule has 4 N–H and O–H groups in total. The molecule has 1 aromatic carbocycles. The summed E-state index contributed by atoms with van der Waals surface area (Å²) in [5.41, 5.74) is 5.29. The molecule has 0 heterocycles. The third kappa shape index (κ3) is 7.01. The Morgan fingerprint density at radius 1 is 1.28 bits per heavy atom. The van der Waals surface area contributed by atoms with Crippen molar-refractivity contribution in [3.05, 3.63) is 28.2 Å². The smallest absolute Gasteiger partial charge is 0.329 e. The lowest BCUT2D eigenvalue weighted by Crippen LogP contribution is -2.46. The SMILES string of the molecule is CSCC[C@@H](NC(N)=O)C(=O)O[C@H](C)C(=O)Nc1c(Cl)cccc1Cl. The van der Waals surface area contributed by atoms with Gasteiger partial charge in [0.25, 0.3) is 5.91 Å². The maximum atomic E-state index is 12.2. The fraction of sp³-hybridized carbons (Fsp3) is 0.400. The Bertz CT molecular complexity index is 625. The molecule has 138 valence electrons. The van der Waals surface area contributed by atoms with Crippen molar-refractivity contribution in [2.24, 2.45) is 5.73 Å². The van der Waals surface area contributed by atoms with Crippen molar-refractivity contribution in [1.29, 1.82) is 0 Å². The van der Waals surface area contributed by atoms with Crippen LogP contribution in [0.1, 0.15) is 13.3 Å². The van der Waals surface area contributed by atoms with Crippen LogP contribution < -0.4 is 16.4 Å². The Balaban J connectivity index is 2.71. The molecule has 7 nitrogen and oxygen atoms in total. The van der Waals surface area contributed by atoms with Gasteiger partial charge in [-0.25, -0.2) is 9.59 Å². The molecule has 0 bridgehead atoms. The number of rotatable bonds is 8. The van der Waals surface area contributed by atoms with E-state index in [4.69, 9.17) is 33.7 Å². The van der Waals surface area contributed by atoms with Gasteiger partial charge < -0.3 is 21.1 Å². The summed E-state index contributed by atoms with van der Waals surface area (Å²) < 4.78 is 5.11. The Labute approximate surface area is 159 Å². The highest BCUT2D eigenvalue weighted by atomic mass is 35.5. The van der Waals surface area contributed by atoms with Crippen LogP contribution >= 0.6 is 35.0 Å². The van der Waals surface area contributed by atoms with E-state index in [1.54, 1.807) is 18.2 Å². The van der Waals surface area contributed by atoms with Crippen molar-refractivity contribution in [3.8, 4) is 0 Å². The molecule has 0 radical (unpaired) electrons. The topological polar surface area (TPSA) is 111 Å². The maximum absolute atomic E-state index is 12.2. The zero-order chi connectivity index (χ0) is 19.0. The number of primary amides is 1. The molecule has 1 aromatic rings. The summed E-state index contributed by atoms with van der Waals surface area (Å²) in [7, 11) is 0. The predicted octanol–water partition coefficient (Wildman–Crippen LogP) is 2.65. The molecule has 10 heteroatoms. The Hall–Kier alpha value is -1.64.